The molecule has 2 aliphatic rings. The summed E-state index contributed by atoms with van der Waals surface area (Å²) in [6.45, 7) is 5.61. The van der Waals surface area contributed by atoms with Gasteiger partial charge >= 0.3 is 0 Å². The molecule has 0 spiro atoms. The number of rotatable bonds is 7. The second-order valence-electron chi connectivity index (χ2n) is 8.41. The molecule has 2 aromatic heterocycles. The van der Waals surface area contributed by atoms with E-state index >= 15 is 0 Å². The summed E-state index contributed by atoms with van der Waals surface area (Å²) in [5, 5.41) is 4.37. The van der Waals surface area contributed by atoms with Crippen molar-refractivity contribution in [1.82, 2.24) is 24.7 Å². The third-order valence-electron chi connectivity index (χ3n) is 6.34. The van der Waals surface area contributed by atoms with Crippen LogP contribution in [0.1, 0.15) is 29.9 Å². The first-order valence-electron chi connectivity index (χ1n) is 11.4. The largest absolute Gasteiger partial charge is 0.379 e. The van der Waals surface area contributed by atoms with Crippen LogP contribution in [0.25, 0.3) is 5.69 Å². The van der Waals surface area contributed by atoms with Gasteiger partial charge in [0.1, 0.15) is 0 Å². The van der Waals surface area contributed by atoms with Crippen molar-refractivity contribution >= 4 is 33.3 Å². The first-order valence-corrected chi connectivity index (χ1v) is 12.6. The number of ether oxygens (including phenoxy) is 1. The van der Waals surface area contributed by atoms with E-state index in [1.165, 1.54) is 5.69 Å². The molecule has 0 saturated carbocycles. The van der Waals surface area contributed by atoms with E-state index in [1.54, 1.807) is 0 Å². The Morgan fingerprint density at radius 2 is 1.94 bits per heavy atom. The average Bonchev–Trinajstić information content (AvgIpc) is 3.45. The zero-order valence-corrected chi connectivity index (χ0v) is 20.8. The van der Waals surface area contributed by atoms with Gasteiger partial charge in [-0.05, 0) is 61.1 Å². The van der Waals surface area contributed by atoms with Crippen molar-refractivity contribution in [2.75, 3.05) is 39.4 Å². The molecule has 0 radical (unpaired) electrons. The number of nitrogens with one attached hydrogen (secondary N) is 1. The molecule has 6 nitrogen and oxygen atoms in total. The zero-order chi connectivity index (χ0) is 22.6. The van der Waals surface area contributed by atoms with Crippen LogP contribution in [0.15, 0.2) is 71.5 Å². The summed E-state index contributed by atoms with van der Waals surface area (Å²) in [5.74, 6) is 0. The quantitative estimate of drug-likeness (QED) is 0.463. The highest BCUT2D eigenvalue weighted by molar-refractivity contribution is 9.10. The van der Waals surface area contributed by atoms with Gasteiger partial charge in [-0.2, -0.15) is 0 Å². The molecular formula is C25H28BrN5OS. The van der Waals surface area contributed by atoms with Gasteiger partial charge in [0.2, 0.25) is 0 Å². The second kappa shape index (κ2) is 10.3. The van der Waals surface area contributed by atoms with Crippen molar-refractivity contribution in [2.45, 2.75) is 18.5 Å². The van der Waals surface area contributed by atoms with Crippen LogP contribution in [0, 0.1) is 0 Å². The molecular weight excluding hydrogens is 498 g/mol. The first-order chi connectivity index (χ1) is 16.2. The van der Waals surface area contributed by atoms with Gasteiger partial charge in [0.15, 0.2) is 5.11 Å². The molecule has 5 rings (SSSR count). The number of aromatic nitrogens is 2. The van der Waals surface area contributed by atoms with Crippen LogP contribution in [0.2, 0.25) is 0 Å². The molecule has 0 bridgehead atoms. The smallest absolute Gasteiger partial charge is 0.170 e. The molecule has 172 valence electrons. The van der Waals surface area contributed by atoms with E-state index < -0.39 is 0 Å². The van der Waals surface area contributed by atoms with Crippen LogP contribution in [-0.2, 0) is 4.74 Å². The first kappa shape index (κ1) is 22.5. The Balaban J connectivity index is 1.45. The maximum Gasteiger partial charge on any atom is 0.170 e. The van der Waals surface area contributed by atoms with E-state index in [0.717, 1.165) is 66.8 Å². The lowest BCUT2D eigenvalue weighted by atomic mass is 10.0. The Morgan fingerprint density at radius 1 is 1.06 bits per heavy atom. The normalized spacial score (nSPS) is 21.4. The molecule has 1 aromatic carbocycles. The molecule has 2 saturated heterocycles. The highest BCUT2D eigenvalue weighted by Crippen LogP contribution is 2.39. The summed E-state index contributed by atoms with van der Waals surface area (Å²) in [6.07, 6.45) is 5.02. The number of halogens is 1. The number of hydrogen-bond acceptors (Lipinski definition) is 4. The van der Waals surface area contributed by atoms with Gasteiger partial charge < -0.3 is 19.5 Å². The second-order valence-corrected chi connectivity index (χ2v) is 9.71. The van der Waals surface area contributed by atoms with Crippen molar-refractivity contribution < 1.29 is 4.74 Å². The highest BCUT2D eigenvalue weighted by atomic mass is 79.9. The predicted octanol–water partition coefficient (Wildman–Crippen LogP) is 4.33. The number of pyridine rings is 1. The Labute approximate surface area is 208 Å². The topological polar surface area (TPSA) is 45.6 Å². The van der Waals surface area contributed by atoms with Crippen LogP contribution in [0.5, 0.6) is 0 Å². The van der Waals surface area contributed by atoms with Gasteiger partial charge in [-0.15, -0.1) is 0 Å². The minimum atomic E-state index is -0.0112. The van der Waals surface area contributed by atoms with Gasteiger partial charge in [-0.25, -0.2) is 0 Å². The van der Waals surface area contributed by atoms with Gasteiger partial charge in [0.05, 0.1) is 31.0 Å². The van der Waals surface area contributed by atoms with Crippen LogP contribution in [-0.4, -0.2) is 63.9 Å². The van der Waals surface area contributed by atoms with Gasteiger partial charge in [0.25, 0.3) is 0 Å². The standard InChI is InChI=1S/C25H28BrN5OS/c26-19-6-3-7-20(18-19)30-12-4-9-22(30)24-23(21-8-1-2-10-27-21)28-25(33)31(24)13-5-11-29-14-16-32-17-15-29/h1-4,6-10,12,18,23-24H,5,11,13-17H2,(H,28,33)/t23-,24-/m0/s1. The SMILES string of the molecule is S=C1N[C@@H](c2ccccn2)[C@H](c2cccn2-c2cccc(Br)c2)N1CCCN1CCOCC1. The fourth-order valence-electron chi connectivity index (χ4n) is 4.75. The molecule has 2 atom stereocenters. The van der Waals surface area contributed by atoms with E-state index in [9.17, 15) is 0 Å². The van der Waals surface area contributed by atoms with Gasteiger partial charge in [-0.1, -0.05) is 28.1 Å². The maximum atomic E-state index is 5.86. The minimum absolute atomic E-state index is 0.0112. The van der Waals surface area contributed by atoms with E-state index in [1.807, 2.05) is 24.4 Å². The Hall–Kier alpha value is -2.26. The average molecular weight is 527 g/mol. The Morgan fingerprint density at radius 3 is 2.73 bits per heavy atom. The van der Waals surface area contributed by atoms with Crippen LogP contribution >= 0.6 is 28.1 Å². The van der Waals surface area contributed by atoms with E-state index in [-0.39, 0.29) is 12.1 Å². The lowest BCUT2D eigenvalue weighted by Gasteiger charge is -2.31. The van der Waals surface area contributed by atoms with Gasteiger partial charge in [-0.3, -0.25) is 9.88 Å². The Bertz CT molecular complexity index is 1090. The molecule has 1 N–H and O–H groups in total. The van der Waals surface area contributed by atoms with Crippen molar-refractivity contribution in [3.05, 3.63) is 82.9 Å². The minimum Gasteiger partial charge on any atom is -0.379 e. The third kappa shape index (κ3) is 4.99. The number of nitrogens with zero attached hydrogens (tertiary/aromatic N) is 4. The number of hydrogen-bond donors (Lipinski definition) is 1. The molecule has 0 aliphatic carbocycles. The van der Waals surface area contributed by atoms with Crippen LogP contribution in [0.4, 0.5) is 0 Å². The predicted molar refractivity (Wildman–Crippen MR) is 138 cm³/mol. The van der Waals surface area contributed by atoms with E-state index in [0.29, 0.717) is 0 Å². The fourth-order valence-corrected chi connectivity index (χ4v) is 5.47. The lowest BCUT2D eigenvalue weighted by molar-refractivity contribution is 0.0365. The summed E-state index contributed by atoms with van der Waals surface area (Å²) in [7, 11) is 0. The number of benzene rings is 1. The van der Waals surface area contributed by atoms with E-state index in [2.05, 4.69) is 83.2 Å². The molecule has 33 heavy (non-hydrogen) atoms. The van der Waals surface area contributed by atoms with Crippen LogP contribution < -0.4 is 5.32 Å². The summed E-state index contributed by atoms with van der Waals surface area (Å²) in [6, 6.07) is 18.8. The maximum absolute atomic E-state index is 5.86. The third-order valence-corrected chi connectivity index (χ3v) is 7.19. The zero-order valence-electron chi connectivity index (χ0n) is 18.4. The summed E-state index contributed by atoms with van der Waals surface area (Å²) < 4.78 is 8.81. The fraction of sp³-hybridized carbons (Fsp3) is 0.360. The highest BCUT2D eigenvalue weighted by Gasteiger charge is 2.41. The van der Waals surface area contributed by atoms with Crippen LogP contribution in [0.3, 0.4) is 0 Å². The summed E-state index contributed by atoms with van der Waals surface area (Å²) in [5.41, 5.74) is 3.32. The molecule has 4 heterocycles. The van der Waals surface area contributed by atoms with Crippen molar-refractivity contribution in [2.24, 2.45) is 0 Å². The lowest BCUT2D eigenvalue weighted by Crippen LogP contribution is -2.39. The number of morpholine rings is 1. The molecule has 2 fully saturated rings. The molecule has 0 amide bonds. The molecule has 8 heteroatoms. The summed E-state index contributed by atoms with van der Waals surface area (Å²) in [4.78, 5) is 9.50. The van der Waals surface area contributed by atoms with Crippen molar-refractivity contribution in [3.63, 3.8) is 0 Å². The van der Waals surface area contributed by atoms with Gasteiger partial charge in [0, 0.05) is 54.4 Å². The molecule has 3 aromatic rings. The monoisotopic (exact) mass is 525 g/mol. The number of thiocarbonyl (C=S) groups is 1. The molecule has 2 aliphatic heterocycles. The molecule has 0 unspecified atom stereocenters. The summed E-state index contributed by atoms with van der Waals surface area (Å²) >= 11 is 9.47. The van der Waals surface area contributed by atoms with Crippen molar-refractivity contribution in [3.8, 4) is 5.69 Å². The van der Waals surface area contributed by atoms with E-state index in [4.69, 9.17) is 17.0 Å². The Kier molecular flexibility index (Phi) is 7.06. The van der Waals surface area contributed by atoms with Crippen molar-refractivity contribution in [1.29, 1.82) is 0 Å².